The quantitative estimate of drug-likeness (QED) is 0.480. The molecule has 0 radical (unpaired) electrons. The van der Waals surface area contributed by atoms with Gasteiger partial charge in [-0.1, -0.05) is 6.08 Å². The Balaban J connectivity index is 3.41. The summed E-state index contributed by atoms with van der Waals surface area (Å²) in [6.07, 6.45) is 3.04. The van der Waals surface area contributed by atoms with Gasteiger partial charge in [0.15, 0.2) is 0 Å². The number of esters is 1. The summed E-state index contributed by atoms with van der Waals surface area (Å²) >= 11 is 0. The minimum absolute atomic E-state index is 0.222. The van der Waals surface area contributed by atoms with Crippen molar-refractivity contribution in [2.45, 2.75) is 12.8 Å². The molecule has 0 saturated heterocycles. The number of allylic oxidation sites excluding steroid dienone is 1. The van der Waals surface area contributed by atoms with E-state index in [-0.39, 0.29) is 12.4 Å². The summed E-state index contributed by atoms with van der Waals surface area (Å²) < 4.78 is 4.34. The molecule has 4 heteroatoms. The smallest absolute Gasteiger partial charge is 0.327 e. The van der Waals surface area contributed by atoms with E-state index in [1.807, 2.05) is 0 Å². The van der Waals surface area contributed by atoms with E-state index < -0.39 is 5.97 Å². The topological polar surface area (TPSA) is 63.6 Å². The summed E-state index contributed by atoms with van der Waals surface area (Å²) in [5.41, 5.74) is 0. The summed E-state index contributed by atoms with van der Waals surface area (Å²) in [6.45, 7) is 0. The molecule has 0 unspecified atom stereocenters. The van der Waals surface area contributed by atoms with Crippen LogP contribution in [0, 0.1) is 0 Å². The van der Waals surface area contributed by atoms with Crippen LogP contribution in [0.4, 0.5) is 0 Å². The fourth-order valence-corrected chi connectivity index (χ4v) is 0.487. The molecule has 0 aliphatic rings. The Bertz CT molecular complexity index is 171. The van der Waals surface area contributed by atoms with Gasteiger partial charge in [-0.3, -0.25) is 4.79 Å². The van der Waals surface area contributed by atoms with Gasteiger partial charge in [0.1, 0.15) is 0 Å². The molecule has 0 heterocycles. The number of carbonyl (C=O) groups is 2. The van der Waals surface area contributed by atoms with Gasteiger partial charge in [-0.15, -0.1) is 0 Å². The van der Waals surface area contributed by atoms with Crippen LogP contribution < -0.4 is 0 Å². The number of ether oxygens (including phenoxy) is 1. The zero-order valence-electron chi connectivity index (χ0n) is 6.24. The highest BCUT2D eigenvalue weighted by Gasteiger charge is 1.95. The van der Waals surface area contributed by atoms with E-state index in [0.29, 0.717) is 6.42 Å². The van der Waals surface area contributed by atoms with Gasteiger partial charge in [-0.05, 0) is 6.42 Å². The highest BCUT2D eigenvalue weighted by molar-refractivity contribution is 5.79. The third-order valence-electron chi connectivity index (χ3n) is 1.00. The maximum absolute atomic E-state index is 10.5. The molecule has 0 aromatic heterocycles. The van der Waals surface area contributed by atoms with Gasteiger partial charge in [0.05, 0.1) is 7.11 Å². The van der Waals surface area contributed by atoms with Gasteiger partial charge in [-0.2, -0.15) is 0 Å². The van der Waals surface area contributed by atoms with Crippen LogP contribution in [0.5, 0.6) is 0 Å². The number of rotatable bonds is 4. The van der Waals surface area contributed by atoms with Crippen molar-refractivity contribution in [1.29, 1.82) is 0 Å². The molecular weight excluding hydrogens is 148 g/mol. The van der Waals surface area contributed by atoms with Gasteiger partial charge in [0.2, 0.25) is 0 Å². The number of hydrogen-bond donors (Lipinski definition) is 1. The number of methoxy groups -OCH3 is 1. The fourth-order valence-electron chi connectivity index (χ4n) is 0.487. The zero-order chi connectivity index (χ0) is 8.69. The average molecular weight is 158 g/mol. The van der Waals surface area contributed by atoms with Crippen molar-refractivity contribution in [3.05, 3.63) is 12.2 Å². The van der Waals surface area contributed by atoms with E-state index in [0.717, 1.165) is 6.08 Å². The second-order valence-corrected chi connectivity index (χ2v) is 1.86. The van der Waals surface area contributed by atoms with Crippen molar-refractivity contribution in [3.8, 4) is 0 Å². The molecule has 0 rings (SSSR count). The Hall–Kier alpha value is -1.32. The SMILES string of the molecule is COC(=O)CC/C=C\C(=O)O. The molecule has 0 aromatic rings. The Morgan fingerprint density at radius 3 is 2.64 bits per heavy atom. The minimum atomic E-state index is -1.00. The van der Waals surface area contributed by atoms with Gasteiger partial charge in [0, 0.05) is 12.5 Å². The molecule has 4 nitrogen and oxygen atoms in total. The van der Waals surface area contributed by atoms with Crippen LogP contribution >= 0.6 is 0 Å². The first-order chi connectivity index (χ1) is 5.16. The molecule has 62 valence electrons. The fraction of sp³-hybridized carbons (Fsp3) is 0.429. The summed E-state index contributed by atoms with van der Waals surface area (Å²) in [6, 6.07) is 0. The molecule has 0 saturated carbocycles. The molecular formula is C7H10O4. The number of carboxylic acid groups (broad SMARTS) is 1. The third kappa shape index (κ3) is 6.57. The summed E-state index contributed by atoms with van der Waals surface area (Å²) in [7, 11) is 1.29. The number of carbonyl (C=O) groups excluding carboxylic acids is 1. The van der Waals surface area contributed by atoms with Gasteiger partial charge >= 0.3 is 11.9 Å². The highest BCUT2D eigenvalue weighted by Crippen LogP contribution is 1.92. The van der Waals surface area contributed by atoms with E-state index >= 15 is 0 Å². The summed E-state index contributed by atoms with van der Waals surface area (Å²) in [5.74, 6) is -1.34. The first kappa shape index (κ1) is 9.68. The maximum Gasteiger partial charge on any atom is 0.327 e. The average Bonchev–Trinajstić information content (AvgIpc) is 1.97. The normalized spacial score (nSPS) is 9.91. The minimum Gasteiger partial charge on any atom is -0.478 e. The first-order valence-electron chi connectivity index (χ1n) is 3.13. The molecule has 0 spiro atoms. The number of carboxylic acids is 1. The van der Waals surface area contributed by atoms with Gasteiger partial charge < -0.3 is 9.84 Å². The van der Waals surface area contributed by atoms with E-state index in [1.165, 1.54) is 13.2 Å². The van der Waals surface area contributed by atoms with E-state index in [1.54, 1.807) is 0 Å². The monoisotopic (exact) mass is 158 g/mol. The second kappa shape index (κ2) is 5.46. The van der Waals surface area contributed by atoms with Crippen LogP contribution in [0.2, 0.25) is 0 Å². The predicted molar refractivity (Wildman–Crippen MR) is 38.0 cm³/mol. The maximum atomic E-state index is 10.5. The Kier molecular flexibility index (Phi) is 4.81. The van der Waals surface area contributed by atoms with Crippen molar-refractivity contribution >= 4 is 11.9 Å². The standard InChI is InChI=1S/C7H10O4/c1-11-7(10)5-3-2-4-6(8)9/h2,4H,3,5H2,1H3,(H,8,9)/b4-2-. The summed E-state index contributed by atoms with van der Waals surface area (Å²) in [4.78, 5) is 20.4. The molecule has 0 atom stereocenters. The molecule has 0 aliphatic carbocycles. The lowest BCUT2D eigenvalue weighted by Gasteiger charge is -1.92. The Labute approximate surface area is 64.5 Å². The number of hydrogen-bond acceptors (Lipinski definition) is 3. The highest BCUT2D eigenvalue weighted by atomic mass is 16.5. The van der Waals surface area contributed by atoms with E-state index in [2.05, 4.69) is 4.74 Å². The lowest BCUT2D eigenvalue weighted by Crippen LogP contribution is -1.98. The van der Waals surface area contributed by atoms with Crippen LogP contribution in [-0.2, 0) is 14.3 Å². The molecule has 1 N–H and O–H groups in total. The van der Waals surface area contributed by atoms with Crippen LogP contribution in [0.25, 0.3) is 0 Å². The van der Waals surface area contributed by atoms with Crippen molar-refractivity contribution in [2.24, 2.45) is 0 Å². The van der Waals surface area contributed by atoms with Crippen molar-refractivity contribution < 1.29 is 19.4 Å². The van der Waals surface area contributed by atoms with Crippen LogP contribution in [0.3, 0.4) is 0 Å². The Morgan fingerprint density at radius 1 is 1.55 bits per heavy atom. The molecule has 0 bridgehead atoms. The van der Waals surface area contributed by atoms with Crippen LogP contribution in [-0.4, -0.2) is 24.2 Å². The van der Waals surface area contributed by atoms with Crippen LogP contribution in [0.1, 0.15) is 12.8 Å². The zero-order valence-corrected chi connectivity index (χ0v) is 6.24. The van der Waals surface area contributed by atoms with Crippen molar-refractivity contribution in [1.82, 2.24) is 0 Å². The van der Waals surface area contributed by atoms with E-state index in [4.69, 9.17) is 5.11 Å². The predicted octanol–water partition coefficient (Wildman–Crippen LogP) is 0.580. The molecule has 0 fully saturated rings. The van der Waals surface area contributed by atoms with E-state index in [9.17, 15) is 9.59 Å². The molecule has 11 heavy (non-hydrogen) atoms. The van der Waals surface area contributed by atoms with Gasteiger partial charge in [-0.25, -0.2) is 4.79 Å². The second-order valence-electron chi connectivity index (χ2n) is 1.86. The molecule has 0 amide bonds. The molecule has 0 aromatic carbocycles. The van der Waals surface area contributed by atoms with Crippen molar-refractivity contribution in [3.63, 3.8) is 0 Å². The number of aliphatic carboxylic acids is 1. The van der Waals surface area contributed by atoms with Gasteiger partial charge in [0.25, 0.3) is 0 Å². The lowest BCUT2D eigenvalue weighted by molar-refractivity contribution is -0.140. The first-order valence-corrected chi connectivity index (χ1v) is 3.13. The lowest BCUT2D eigenvalue weighted by atomic mass is 10.3. The van der Waals surface area contributed by atoms with Crippen LogP contribution in [0.15, 0.2) is 12.2 Å². The van der Waals surface area contributed by atoms with Crippen molar-refractivity contribution in [2.75, 3.05) is 7.11 Å². The third-order valence-corrected chi connectivity index (χ3v) is 1.00. The Morgan fingerprint density at radius 2 is 2.18 bits per heavy atom. The largest absolute Gasteiger partial charge is 0.478 e. The summed E-state index contributed by atoms with van der Waals surface area (Å²) in [5, 5.41) is 8.13. The molecule has 0 aliphatic heterocycles.